The summed E-state index contributed by atoms with van der Waals surface area (Å²) in [6.07, 6.45) is 11.0. The van der Waals surface area contributed by atoms with E-state index in [1.54, 1.807) is 26.3 Å². The third kappa shape index (κ3) is 9.44. The standard InChI is InChI=1S/C50H64N6O9S/c1-28(2)63-43-15-12-32(26-51-43)41-23-35-22-37(62-7)13-14-40(35)46(52-41)64-39-24-42-45(57)54-50(47(58)55-66(60,61)49(6)16-17-49)25-36(50)11-9-8-10-29(3)18-30(4)44(31(5)56(42)27-39)53-48(59)65-38-20-33-19-34(33)21-38/h9,11-15,22-23,26,28-30,33-34,36,38-39,42,44H,5,8,10,16-21,24-25,27H2,1-4,6-7H3,(H,53,59)(H,54,57)(H,55,58)/b11-9-/t29-,30+,33-,34+,36+,38?,39?,42-,44-,50+/m0/s1. The number of sulfonamides is 1. The molecule has 2 aromatic heterocycles. The summed E-state index contributed by atoms with van der Waals surface area (Å²) >= 11 is 0. The number of hydrogen-bond donors (Lipinski definition) is 3. The smallest absolute Gasteiger partial charge is 0.407 e. The summed E-state index contributed by atoms with van der Waals surface area (Å²) in [5.74, 6) is 1.28. The maximum Gasteiger partial charge on any atom is 0.407 e. The van der Waals surface area contributed by atoms with Gasteiger partial charge >= 0.3 is 6.09 Å². The maximum absolute atomic E-state index is 15.0. The Morgan fingerprint density at radius 1 is 1.02 bits per heavy atom. The molecule has 354 valence electrons. The number of allylic oxidation sites excluding steroid dienone is 1. The van der Waals surface area contributed by atoms with Crippen molar-refractivity contribution in [2.24, 2.45) is 29.6 Å². The summed E-state index contributed by atoms with van der Waals surface area (Å²) in [6.45, 7) is 14.6. The Labute approximate surface area is 387 Å². The molecule has 0 radical (unpaired) electrons. The number of nitrogens with zero attached hydrogens (tertiary/aromatic N) is 3. The lowest BCUT2D eigenvalue weighted by atomic mass is 9.87. The first-order valence-corrected chi connectivity index (χ1v) is 25.2. The lowest BCUT2D eigenvalue weighted by Crippen LogP contribution is -2.57. The molecule has 0 spiro atoms. The summed E-state index contributed by atoms with van der Waals surface area (Å²) < 4.78 is 52.4. The fraction of sp³-hybridized carbons (Fsp3) is 0.580. The predicted octanol–water partition coefficient (Wildman–Crippen LogP) is 7.21. The van der Waals surface area contributed by atoms with Crippen molar-refractivity contribution < 1.29 is 41.7 Å². The van der Waals surface area contributed by atoms with Crippen LogP contribution in [0.1, 0.15) is 98.8 Å². The lowest BCUT2D eigenvalue weighted by molar-refractivity contribution is -0.131. The number of alkyl carbamates (subject to hydrolysis) is 1. The highest BCUT2D eigenvalue weighted by Gasteiger charge is 2.63. The van der Waals surface area contributed by atoms with Gasteiger partial charge in [0.1, 0.15) is 29.5 Å². The molecule has 16 heteroatoms. The minimum atomic E-state index is -3.99. The van der Waals surface area contributed by atoms with Crippen molar-refractivity contribution in [1.29, 1.82) is 0 Å². The van der Waals surface area contributed by atoms with Gasteiger partial charge in [-0.15, -0.1) is 0 Å². The number of ether oxygens (including phenoxy) is 4. The van der Waals surface area contributed by atoms with E-state index in [0.717, 1.165) is 48.4 Å². The molecule has 9 rings (SSSR count). The number of methoxy groups -OCH3 is 1. The summed E-state index contributed by atoms with van der Waals surface area (Å²) in [7, 11) is -2.38. The molecule has 4 heterocycles. The molecule has 15 nitrogen and oxygen atoms in total. The van der Waals surface area contributed by atoms with Crippen LogP contribution in [0.15, 0.2) is 67.0 Å². The van der Waals surface area contributed by atoms with Crippen molar-refractivity contribution in [1.82, 2.24) is 30.2 Å². The monoisotopic (exact) mass is 924 g/mol. The maximum atomic E-state index is 15.0. The van der Waals surface area contributed by atoms with E-state index in [4.69, 9.17) is 23.9 Å². The molecule has 3 amide bonds. The van der Waals surface area contributed by atoms with Crippen molar-refractivity contribution in [2.75, 3.05) is 13.7 Å². The van der Waals surface area contributed by atoms with Gasteiger partial charge in [0, 0.05) is 41.2 Å². The van der Waals surface area contributed by atoms with E-state index in [0.29, 0.717) is 53.6 Å². The van der Waals surface area contributed by atoms with Gasteiger partial charge in [0.2, 0.25) is 27.7 Å². The van der Waals surface area contributed by atoms with Crippen LogP contribution in [0.4, 0.5) is 4.79 Å². The molecule has 0 bridgehead atoms. The number of carbonyl (C=O) groups is 3. The van der Waals surface area contributed by atoms with Crippen LogP contribution in [-0.2, 0) is 24.3 Å². The van der Waals surface area contributed by atoms with Crippen molar-refractivity contribution in [3.05, 3.63) is 67.0 Å². The first-order valence-electron chi connectivity index (χ1n) is 23.7. The van der Waals surface area contributed by atoms with Gasteiger partial charge in [-0.1, -0.05) is 32.6 Å². The highest BCUT2D eigenvalue weighted by molar-refractivity contribution is 7.91. The normalized spacial score (nSPS) is 31.8. The van der Waals surface area contributed by atoms with E-state index >= 15 is 0 Å². The molecule has 1 aromatic carbocycles. The Hall–Kier alpha value is -5.38. The Morgan fingerprint density at radius 3 is 2.48 bits per heavy atom. The summed E-state index contributed by atoms with van der Waals surface area (Å²) in [4.78, 5) is 54.3. The second-order valence-corrected chi connectivity index (χ2v) is 22.6. The molecular formula is C50H64N6O9S. The Balaban J connectivity index is 1.05. The Morgan fingerprint density at radius 2 is 1.79 bits per heavy atom. The van der Waals surface area contributed by atoms with Crippen LogP contribution >= 0.6 is 0 Å². The molecule has 66 heavy (non-hydrogen) atoms. The molecular weight excluding hydrogens is 861 g/mol. The van der Waals surface area contributed by atoms with Gasteiger partial charge in [0.25, 0.3) is 5.91 Å². The first kappa shape index (κ1) is 45.8. The zero-order valence-corrected chi connectivity index (χ0v) is 39.7. The van der Waals surface area contributed by atoms with Crippen LogP contribution in [0, 0.1) is 29.6 Å². The minimum absolute atomic E-state index is 0.0419. The zero-order valence-electron chi connectivity index (χ0n) is 38.9. The second-order valence-electron chi connectivity index (χ2n) is 20.4. The third-order valence-electron chi connectivity index (χ3n) is 14.8. The third-order valence-corrected chi connectivity index (χ3v) is 17.0. The average molecular weight is 925 g/mol. The largest absolute Gasteiger partial charge is 0.497 e. The molecule has 3 aromatic rings. The highest BCUT2D eigenvalue weighted by Crippen LogP contribution is 2.53. The molecule has 4 aliphatic carbocycles. The molecule has 1 saturated heterocycles. The van der Waals surface area contributed by atoms with E-state index in [1.807, 2.05) is 61.2 Å². The van der Waals surface area contributed by atoms with E-state index < -0.39 is 62.3 Å². The minimum Gasteiger partial charge on any atom is -0.497 e. The number of benzene rings is 1. The number of carbonyl (C=O) groups excluding carboxylic acids is 3. The van der Waals surface area contributed by atoms with Gasteiger partial charge in [0.15, 0.2) is 0 Å². The second kappa shape index (κ2) is 17.7. The molecule has 3 N–H and O–H groups in total. The SMILES string of the molecule is C=C1[C@@H](NC(=O)OC2C[C@@H]3C[C@@H]3C2)[C@H](C)C[C@@H](C)CC/C=C\[C@@H]2C[C@@]2(C(=O)NS(=O)(=O)C2(C)CC2)NC(=O)[C@@H]2CC(Oc3nc(-c4ccc(OC(C)C)nc4)cc4cc(OC)ccc34)CN12. The van der Waals surface area contributed by atoms with Crippen LogP contribution in [0.5, 0.6) is 17.5 Å². The highest BCUT2D eigenvalue weighted by atomic mass is 32.2. The first-order chi connectivity index (χ1) is 31.4. The number of pyridine rings is 2. The van der Waals surface area contributed by atoms with Crippen molar-refractivity contribution in [3.63, 3.8) is 0 Å². The number of fused-ring (bicyclic) bond motifs is 4. The Bertz CT molecular complexity index is 2520. The van der Waals surface area contributed by atoms with Gasteiger partial charge in [-0.3, -0.25) is 14.3 Å². The number of aromatic nitrogens is 2. The van der Waals surface area contributed by atoms with Gasteiger partial charge in [-0.05, 0) is 138 Å². The number of hydrogen-bond acceptors (Lipinski definition) is 12. The average Bonchev–Trinajstić information content (AvgIpc) is 4.23. The summed E-state index contributed by atoms with van der Waals surface area (Å²) in [5.41, 5.74) is 0.377. The summed E-state index contributed by atoms with van der Waals surface area (Å²) in [6, 6.07) is 9.75. The molecule has 2 unspecified atom stereocenters. The molecule has 4 saturated carbocycles. The lowest BCUT2D eigenvalue weighted by Gasteiger charge is -2.36. The number of amides is 3. The van der Waals surface area contributed by atoms with Crippen LogP contribution in [0.25, 0.3) is 22.0 Å². The quantitative estimate of drug-likeness (QED) is 0.164. The van der Waals surface area contributed by atoms with Crippen molar-refractivity contribution >= 4 is 38.7 Å². The van der Waals surface area contributed by atoms with Crippen LogP contribution in [-0.4, -0.2) is 95.5 Å². The topological polar surface area (TPSA) is 187 Å². The van der Waals surface area contributed by atoms with Crippen molar-refractivity contribution in [2.45, 2.75) is 140 Å². The van der Waals surface area contributed by atoms with Crippen molar-refractivity contribution in [3.8, 4) is 28.8 Å². The molecule has 10 atom stereocenters. The summed E-state index contributed by atoms with van der Waals surface area (Å²) in [5, 5.41) is 7.79. The van der Waals surface area contributed by atoms with E-state index in [2.05, 4.69) is 40.8 Å². The van der Waals surface area contributed by atoms with Gasteiger partial charge in [-0.25, -0.2) is 23.2 Å². The van der Waals surface area contributed by atoms with E-state index in [9.17, 15) is 22.8 Å². The fourth-order valence-corrected chi connectivity index (χ4v) is 11.7. The van der Waals surface area contributed by atoms with Crippen LogP contribution in [0.3, 0.4) is 0 Å². The van der Waals surface area contributed by atoms with Gasteiger partial charge < -0.3 is 34.5 Å². The predicted molar refractivity (Wildman–Crippen MR) is 249 cm³/mol. The molecule has 2 aliphatic heterocycles. The van der Waals surface area contributed by atoms with Gasteiger partial charge in [-0.2, -0.15) is 0 Å². The zero-order chi connectivity index (χ0) is 46.7. The molecule has 5 fully saturated rings. The van der Waals surface area contributed by atoms with Crippen LogP contribution in [0.2, 0.25) is 0 Å². The van der Waals surface area contributed by atoms with E-state index in [-0.39, 0.29) is 43.4 Å². The van der Waals surface area contributed by atoms with Crippen LogP contribution < -0.4 is 29.6 Å². The number of rotatable bonds is 11. The fourth-order valence-electron chi connectivity index (χ4n) is 10.4. The van der Waals surface area contributed by atoms with Gasteiger partial charge in [0.05, 0.1) is 36.2 Å². The molecule has 6 aliphatic rings. The van der Waals surface area contributed by atoms with E-state index in [1.165, 1.54) is 6.42 Å². The Kier molecular flexibility index (Phi) is 12.3. The number of nitrogens with one attached hydrogen (secondary N) is 3.